The van der Waals surface area contributed by atoms with Gasteiger partial charge in [0.2, 0.25) is 0 Å². The summed E-state index contributed by atoms with van der Waals surface area (Å²) in [7, 11) is 0. The van der Waals surface area contributed by atoms with E-state index in [-0.39, 0.29) is 0 Å². The van der Waals surface area contributed by atoms with Crippen molar-refractivity contribution in [3.05, 3.63) is 34.3 Å². The van der Waals surface area contributed by atoms with Crippen LogP contribution in [-0.4, -0.2) is 25.8 Å². The van der Waals surface area contributed by atoms with Crippen LogP contribution in [0.25, 0.3) is 0 Å². The second-order valence-corrected chi connectivity index (χ2v) is 6.93. The van der Waals surface area contributed by atoms with Gasteiger partial charge in [-0.1, -0.05) is 41.1 Å². The molecule has 1 aliphatic heterocycles. The first-order chi connectivity index (χ1) is 10.3. The summed E-state index contributed by atoms with van der Waals surface area (Å²) in [5, 5.41) is 3.59. The minimum atomic E-state index is 0.512. The first-order valence-corrected chi connectivity index (χ1v) is 9.14. The molecule has 2 unspecified atom stereocenters. The van der Waals surface area contributed by atoms with Gasteiger partial charge in [-0.05, 0) is 69.2 Å². The summed E-state index contributed by atoms with van der Waals surface area (Å²) in [6.07, 6.45) is 7.82. The maximum absolute atomic E-state index is 5.77. The lowest BCUT2D eigenvalue weighted by Gasteiger charge is -2.20. The van der Waals surface area contributed by atoms with Crippen LogP contribution in [-0.2, 0) is 11.2 Å². The summed E-state index contributed by atoms with van der Waals surface area (Å²) < 4.78 is 7.01. The fraction of sp³-hybridized carbons (Fsp3) is 0.667. The van der Waals surface area contributed by atoms with Gasteiger partial charge in [0.25, 0.3) is 0 Å². The highest BCUT2D eigenvalue weighted by molar-refractivity contribution is 9.10. The molecule has 2 rings (SSSR count). The average molecular weight is 354 g/mol. The molecule has 2 nitrogen and oxygen atoms in total. The number of hydrogen-bond donors (Lipinski definition) is 1. The van der Waals surface area contributed by atoms with Gasteiger partial charge in [0.1, 0.15) is 0 Å². The number of nitrogens with one attached hydrogen (secondary N) is 1. The van der Waals surface area contributed by atoms with Crippen molar-refractivity contribution in [3.8, 4) is 0 Å². The van der Waals surface area contributed by atoms with E-state index in [4.69, 9.17) is 4.74 Å². The van der Waals surface area contributed by atoms with Gasteiger partial charge in [0.05, 0.1) is 6.10 Å². The highest BCUT2D eigenvalue weighted by Crippen LogP contribution is 2.24. The third kappa shape index (κ3) is 6.09. The Balaban J connectivity index is 1.86. The Morgan fingerprint density at radius 3 is 2.95 bits per heavy atom. The molecule has 3 heteroatoms. The number of hydrogen-bond acceptors (Lipinski definition) is 2. The Kier molecular flexibility index (Phi) is 7.76. The van der Waals surface area contributed by atoms with E-state index < -0.39 is 0 Å². The summed E-state index contributed by atoms with van der Waals surface area (Å²) in [6, 6.07) is 8.61. The van der Waals surface area contributed by atoms with Crippen LogP contribution in [0.1, 0.15) is 44.6 Å². The van der Waals surface area contributed by atoms with Gasteiger partial charge in [-0.3, -0.25) is 0 Å². The maximum Gasteiger partial charge on any atom is 0.0576 e. The summed E-state index contributed by atoms with van der Waals surface area (Å²) in [5.74, 6) is 0.694. The smallest absolute Gasteiger partial charge is 0.0576 e. The summed E-state index contributed by atoms with van der Waals surface area (Å²) >= 11 is 3.68. The molecule has 2 atom stereocenters. The molecule has 0 bridgehead atoms. The monoisotopic (exact) mass is 353 g/mol. The molecular formula is C18H28BrNO. The quantitative estimate of drug-likeness (QED) is 0.656. The lowest BCUT2D eigenvalue weighted by molar-refractivity contribution is 0.0979. The van der Waals surface area contributed by atoms with Crippen LogP contribution >= 0.6 is 15.9 Å². The molecule has 1 saturated heterocycles. The lowest BCUT2D eigenvalue weighted by Crippen LogP contribution is -2.26. The third-order valence-corrected chi connectivity index (χ3v) is 5.02. The standard InChI is InChI=1S/C18H28BrNO/c1-2-11-20-14-15(9-10-17-7-5-12-21-17)13-16-6-3-4-8-18(16)19/h3-4,6,8,15,17,20H,2,5,7,9-14H2,1H3. The molecule has 0 spiro atoms. The van der Waals surface area contributed by atoms with E-state index in [1.165, 1.54) is 42.1 Å². The number of rotatable bonds is 9. The third-order valence-electron chi connectivity index (χ3n) is 4.25. The first-order valence-electron chi connectivity index (χ1n) is 8.35. The van der Waals surface area contributed by atoms with Gasteiger partial charge < -0.3 is 10.1 Å². The van der Waals surface area contributed by atoms with Crippen LogP contribution < -0.4 is 5.32 Å². The van der Waals surface area contributed by atoms with Crippen LogP contribution in [0.5, 0.6) is 0 Å². The molecule has 1 aromatic carbocycles. The Morgan fingerprint density at radius 1 is 1.38 bits per heavy atom. The second kappa shape index (κ2) is 9.60. The average Bonchev–Trinajstić information content (AvgIpc) is 3.00. The van der Waals surface area contributed by atoms with Crippen molar-refractivity contribution in [2.45, 2.75) is 51.6 Å². The van der Waals surface area contributed by atoms with Crippen molar-refractivity contribution >= 4 is 15.9 Å². The Bertz CT molecular complexity index is 404. The molecule has 1 aromatic rings. The second-order valence-electron chi connectivity index (χ2n) is 6.08. The van der Waals surface area contributed by atoms with Crippen molar-refractivity contribution < 1.29 is 4.74 Å². The van der Waals surface area contributed by atoms with E-state index in [0.717, 1.165) is 26.1 Å². The zero-order chi connectivity index (χ0) is 14.9. The Labute approximate surface area is 137 Å². The normalized spacial score (nSPS) is 19.8. The number of halogens is 1. The van der Waals surface area contributed by atoms with E-state index in [1.54, 1.807) is 0 Å². The highest BCUT2D eigenvalue weighted by atomic mass is 79.9. The van der Waals surface area contributed by atoms with Crippen LogP contribution in [0.4, 0.5) is 0 Å². The SMILES string of the molecule is CCCNCC(CCC1CCCO1)Cc1ccccc1Br. The van der Waals surface area contributed by atoms with Crippen molar-refractivity contribution in [1.82, 2.24) is 5.32 Å². The van der Waals surface area contributed by atoms with Gasteiger partial charge in [-0.15, -0.1) is 0 Å². The number of ether oxygens (including phenoxy) is 1. The van der Waals surface area contributed by atoms with Crippen LogP contribution in [0, 0.1) is 5.92 Å². The maximum atomic E-state index is 5.77. The van der Waals surface area contributed by atoms with Gasteiger partial charge in [0.15, 0.2) is 0 Å². The molecule has 0 aromatic heterocycles. The summed E-state index contributed by atoms with van der Waals surface area (Å²) in [5.41, 5.74) is 1.42. The minimum absolute atomic E-state index is 0.512. The van der Waals surface area contributed by atoms with Crippen LogP contribution in [0.2, 0.25) is 0 Å². The molecular weight excluding hydrogens is 326 g/mol. The Hall–Kier alpha value is -0.380. The van der Waals surface area contributed by atoms with Gasteiger partial charge in [0, 0.05) is 11.1 Å². The fourth-order valence-corrected chi connectivity index (χ4v) is 3.47. The molecule has 1 N–H and O–H groups in total. The molecule has 21 heavy (non-hydrogen) atoms. The van der Waals surface area contributed by atoms with E-state index >= 15 is 0 Å². The molecule has 1 heterocycles. The van der Waals surface area contributed by atoms with Crippen molar-refractivity contribution in [2.75, 3.05) is 19.7 Å². The molecule has 0 amide bonds. The van der Waals surface area contributed by atoms with Crippen LogP contribution in [0.15, 0.2) is 28.7 Å². The predicted molar refractivity (Wildman–Crippen MR) is 92.7 cm³/mol. The number of benzene rings is 1. The lowest BCUT2D eigenvalue weighted by atomic mass is 9.93. The summed E-state index contributed by atoms with van der Waals surface area (Å²) in [6.45, 7) is 5.42. The molecule has 0 radical (unpaired) electrons. The van der Waals surface area contributed by atoms with E-state index in [1.807, 2.05) is 0 Å². The van der Waals surface area contributed by atoms with Gasteiger partial charge in [-0.25, -0.2) is 0 Å². The molecule has 0 saturated carbocycles. The molecule has 118 valence electrons. The summed E-state index contributed by atoms with van der Waals surface area (Å²) in [4.78, 5) is 0. The highest BCUT2D eigenvalue weighted by Gasteiger charge is 2.18. The van der Waals surface area contributed by atoms with Crippen molar-refractivity contribution in [2.24, 2.45) is 5.92 Å². The molecule has 1 aliphatic rings. The van der Waals surface area contributed by atoms with Crippen molar-refractivity contribution in [3.63, 3.8) is 0 Å². The predicted octanol–water partition coefficient (Wildman–Crippen LogP) is 4.57. The van der Waals surface area contributed by atoms with Gasteiger partial charge >= 0.3 is 0 Å². The molecule has 0 aliphatic carbocycles. The minimum Gasteiger partial charge on any atom is -0.378 e. The van der Waals surface area contributed by atoms with Crippen molar-refractivity contribution in [1.29, 1.82) is 0 Å². The zero-order valence-corrected chi connectivity index (χ0v) is 14.7. The van der Waals surface area contributed by atoms with E-state index in [9.17, 15) is 0 Å². The van der Waals surface area contributed by atoms with E-state index in [0.29, 0.717) is 12.0 Å². The zero-order valence-electron chi connectivity index (χ0n) is 13.1. The fourth-order valence-electron chi connectivity index (χ4n) is 3.03. The topological polar surface area (TPSA) is 21.3 Å². The van der Waals surface area contributed by atoms with E-state index in [2.05, 4.69) is 52.4 Å². The molecule has 1 fully saturated rings. The first kappa shape index (κ1) is 17.0. The largest absolute Gasteiger partial charge is 0.378 e. The van der Waals surface area contributed by atoms with Gasteiger partial charge in [-0.2, -0.15) is 0 Å². The Morgan fingerprint density at radius 2 is 2.24 bits per heavy atom. The van der Waals surface area contributed by atoms with Crippen LogP contribution in [0.3, 0.4) is 0 Å².